The number of aliphatic carboxylic acids is 1. The number of fused-ring (bicyclic) bond motifs is 1. The molecule has 0 bridgehead atoms. The van der Waals surface area contributed by atoms with Crippen molar-refractivity contribution >= 4 is 40.7 Å². The van der Waals surface area contributed by atoms with Gasteiger partial charge in [-0.15, -0.1) is 11.8 Å². The summed E-state index contributed by atoms with van der Waals surface area (Å²) >= 11 is 7.25. The minimum Gasteiger partial charge on any atom is -0.494 e. The maximum atomic E-state index is 11.6. The number of carbonyl (C=O) groups is 1. The van der Waals surface area contributed by atoms with E-state index in [9.17, 15) is 9.90 Å². The van der Waals surface area contributed by atoms with Crippen LogP contribution >= 0.6 is 23.4 Å². The standard InChI is InChI=1S/C18H16ClNO3S/c1-2-23-13-7-8-14-16(9-13)24-17(18(21)22)10-15(20-14)11-3-5-12(19)6-4-11/h3-9,17H,2,10H2,1H3,(H,21,22)/t17-/m0/s1. The van der Waals surface area contributed by atoms with Crippen LogP contribution in [0.5, 0.6) is 5.75 Å². The molecule has 0 amide bonds. The molecular formula is C18H16ClNO3S. The van der Waals surface area contributed by atoms with Gasteiger partial charge in [-0.3, -0.25) is 9.79 Å². The van der Waals surface area contributed by atoms with Gasteiger partial charge in [-0.2, -0.15) is 0 Å². The van der Waals surface area contributed by atoms with E-state index in [1.165, 1.54) is 11.8 Å². The van der Waals surface area contributed by atoms with Gasteiger partial charge in [-0.1, -0.05) is 23.7 Å². The van der Waals surface area contributed by atoms with Crippen LogP contribution < -0.4 is 4.74 Å². The van der Waals surface area contributed by atoms with Crippen molar-refractivity contribution in [1.82, 2.24) is 0 Å². The molecule has 1 heterocycles. The van der Waals surface area contributed by atoms with Crippen LogP contribution in [0, 0.1) is 0 Å². The maximum absolute atomic E-state index is 11.6. The lowest BCUT2D eigenvalue weighted by Gasteiger charge is -2.11. The van der Waals surface area contributed by atoms with Gasteiger partial charge < -0.3 is 9.84 Å². The highest BCUT2D eigenvalue weighted by atomic mass is 35.5. The molecule has 1 N–H and O–H groups in total. The van der Waals surface area contributed by atoms with Crippen molar-refractivity contribution in [2.24, 2.45) is 4.99 Å². The Morgan fingerprint density at radius 1 is 1.33 bits per heavy atom. The summed E-state index contributed by atoms with van der Waals surface area (Å²) in [4.78, 5) is 17.2. The molecule has 1 aliphatic heterocycles. The van der Waals surface area contributed by atoms with Crippen LogP contribution in [-0.4, -0.2) is 28.6 Å². The summed E-state index contributed by atoms with van der Waals surface area (Å²) in [6.07, 6.45) is 0.348. The number of aliphatic imine (C=N–C) groups is 1. The molecule has 0 saturated carbocycles. The molecule has 0 aromatic heterocycles. The number of carboxylic acid groups (broad SMARTS) is 1. The van der Waals surface area contributed by atoms with E-state index in [-0.39, 0.29) is 0 Å². The second kappa shape index (κ2) is 7.28. The van der Waals surface area contributed by atoms with Crippen molar-refractivity contribution < 1.29 is 14.6 Å². The molecule has 6 heteroatoms. The number of nitrogens with zero attached hydrogens (tertiary/aromatic N) is 1. The second-order valence-corrected chi connectivity index (χ2v) is 6.96. The number of ether oxygens (including phenoxy) is 1. The van der Waals surface area contributed by atoms with E-state index < -0.39 is 11.2 Å². The number of hydrogen-bond donors (Lipinski definition) is 1. The molecule has 1 atom stereocenters. The Kier molecular flexibility index (Phi) is 5.11. The Morgan fingerprint density at radius 2 is 2.08 bits per heavy atom. The van der Waals surface area contributed by atoms with Gasteiger partial charge >= 0.3 is 5.97 Å². The predicted molar refractivity (Wildman–Crippen MR) is 97.2 cm³/mol. The average Bonchev–Trinajstić information content (AvgIpc) is 2.75. The average molecular weight is 362 g/mol. The lowest BCUT2D eigenvalue weighted by atomic mass is 10.1. The van der Waals surface area contributed by atoms with Crippen molar-refractivity contribution in [2.75, 3.05) is 6.61 Å². The molecule has 0 radical (unpaired) electrons. The molecule has 0 unspecified atom stereocenters. The first-order valence-corrected chi connectivity index (χ1v) is 8.82. The smallest absolute Gasteiger partial charge is 0.317 e. The monoisotopic (exact) mass is 361 g/mol. The van der Waals surface area contributed by atoms with Gasteiger partial charge in [0.05, 0.1) is 18.0 Å². The first-order valence-electron chi connectivity index (χ1n) is 7.56. The van der Waals surface area contributed by atoms with Gasteiger partial charge in [0.2, 0.25) is 0 Å². The lowest BCUT2D eigenvalue weighted by Crippen LogP contribution is -2.20. The first kappa shape index (κ1) is 16.9. The van der Waals surface area contributed by atoms with Crippen LogP contribution in [0.4, 0.5) is 5.69 Å². The Labute approximate surface area is 149 Å². The van der Waals surface area contributed by atoms with E-state index in [1.807, 2.05) is 37.3 Å². The molecule has 3 rings (SSSR count). The molecule has 0 spiro atoms. The summed E-state index contributed by atoms with van der Waals surface area (Å²) in [5.41, 5.74) is 2.39. The Morgan fingerprint density at radius 3 is 2.75 bits per heavy atom. The number of benzene rings is 2. The second-order valence-electron chi connectivity index (χ2n) is 5.28. The molecular weight excluding hydrogens is 346 g/mol. The van der Waals surface area contributed by atoms with Gasteiger partial charge in [0.25, 0.3) is 0 Å². The summed E-state index contributed by atoms with van der Waals surface area (Å²) in [6.45, 7) is 2.47. The highest BCUT2D eigenvalue weighted by molar-refractivity contribution is 8.00. The van der Waals surface area contributed by atoms with Gasteiger partial charge in [-0.25, -0.2) is 0 Å². The summed E-state index contributed by atoms with van der Waals surface area (Å²) in [7, 11) is 0. The van der Waals surface area contributed by atoms with Crippen LogP contribution in [0.15, 0.2) is 52.4 Å². The van der Waals surface area contributed by atoms with Gasteiger partial charge in [0.15, 0.2) is 0 Å². The third-order valence-electron chi connectivity index (χ3n) is 3.60. The van der Waals surface area contributed by atoms with E-state index >= 15 is 0 Å². The highest BCUT2D eigenvalue weighted by Gasteiger charge is 2.26. The Balaban J connectivity index is 2.05. The molecule has 24 heavy (non-hydrogen) atoms. The van der Waals surface area contributed by atoms with Crippen molar-refractivity contribution in [2.45, 2.75) is 23.5 Å². The summed E-state index contributed by atoms with van der Waals surface area (Å²) in [5.74, 6) is -0.130. The van der Waals surface area contributed by atoms with Crippen molar-refractivity contribution in [3.63, 3.8) is 0 Å². The number of hydrogen-bond acceptors (Lipinski definition) is 4. The van der Waals surface area contributed by atoms with Crippen LogP contribution in [-0.2, 0) is 4.79 Å². The zero-order chi connectivity index (χ0) is 17.1. The Bertz CT molecular complexity index is 789. The Hall–Kier alpha value is -1.98. The summed E-state index contributed by atoms with van der Waals surface area (Å²) in [6, 6.07) is 12.9. The fraction of sp³-hybridized carbons (Fsp3) is 0.222. The minimum absolute atomic E-state index is 0.348. The van der Waals surface area contributed by atoms with Gasteiger partial charge in [0, 0.05) is 16.3 Å². The lowest BCUT2D eigenvalue weighted by molar-refractivity contribution is -0.136. The van der Waals surface area contributed by atoms with Crippen LogP contribution in [0.25, 0.3) is 0 Å². The zero-order valence-electron chi connectivity index (χ0n) is 13.0. The number of thioether (sulfide) groups is 1. The molecule has 0 fully saturated rings. The maximum Gasteiger partial charge on any atom is 0.317 e. The third-order valence-corrected chi connectivity index (χ3v) is 5.08. The van der Waals surface area contributed by atoms with Gasteiger partial charge in [-0.05, 0) is 42.8 Å². The quantitative estimate of drug-likeness (QED) is 0.849. The predicted octanol–water partition coefficient (Wildman–Crippen LogP) is 4.81. The van der Waals surface area contributed by atoms with Crippen molar-refractivity contribution in [3.8, 4) is 5.75 Å². The van der Waals surface area contributed by atoms with Crippen molar-refractivity contribution in [1.29, 1.82) is 0 Å². The van der Waals surface area contributed by atoms with Crippen LogP contribution in [0.2, 0.25) is 5.02 Å². The van der Waals surface area contributed by atoms with Crippen molar-refractivity contribution in [3.05, 3.63) is 53.1 Å². The summed E-state index contributed by atoms with van der Waals surface area (Å²) < 4.78 is 5.51. The fourth-order valence-electron chi connectivity index (χ4n) is 2.46. The van der Waals surface area contributed by atoms with Crippen LogP contribution in [0.1, 0.15) is 18.9 Å². The normalized spacial score (nSPS) is 16.8. The number of carboxylic acids is 1. The van der Waals surface area contributed by atoms with E-state index in [4.69, 9.17) is 21.3 Å². The molecule has 2 aromatic carbocycles. The molecule has 0 aliphatic carbocycles. The minimum atomic E-state index is -0.851. The third kappa shape index (κ3) is 3.74. The molecule has 0 saturated heterocycles. The molecule has 4 nitrogen and oxygen atoms in total. The first-order chi connectivity index (χ1) is 11.6. The van der Waals surface area contributed by atoms with E-state index in [0.29, 0.717) is 18.1 Å². The SMILES string of the molecule is CCOc1ccc2c(c1)S[C@H](C(=O)O)CC(c1ccc(Cl)cc1)=N2. The highest BCUT2D eigenvalue weighted by Crippen LogP contribution is 2.40. The number of halogens is 1. The van der Waals surface area contributed by atoms with Gasteiger partial charge in [0.1, 0.15) is 11.0 Å². The fourth-order valence-corrected chi connectivity index (χ4v) is 3.65. The number of rotatable bonds is 4. The molecule has 2 aromatic rings. The largest absolute Gasteiger partial charge is 0.494 e. The van der Waals surface area contributed by atoms with Crippen LogP contribution in [0.3, 0.4) is 0 Å². The molecule has 1 aliphatic rings. The topological polar surface area (TPSA) is 58.9 Å². The summed E-state index contributed by atoms with van der Waals surface area (Å²) in [5, 5.41) is 9.58. The van der Waals surface area contributed by atoms with E-state index in [1.54, 1.807) is 12.1 Å². The van der Waals surface area contributed by atoms with E-state index in [2.05, 4.69) is 0 Å². The van der Waals surface area contributed by atoms with E-state index in [0.717, 1.165) is 27.6 Å². The molecule has 124 valence electrons. The zero-order valence-corrected chi connectivity index (χ0v) is 14.6.